The van der Waals surface area contributed by atoms with E-state index in [0.717, 1.165) is 11.3 Å². The second-order valence-corrected chi connectivity index (χ2v) is 5.39. The summed E-state index contributed by atoms with van der Waals surface area (Å²) in [6.07, 6.45) is 3.21. The lowest BCUT2D eigenvalue weighted by Crippen LogP contribution is -2.32. The van der Waals surface area contributed by atoms with E-state index in [9.17, 15) is 4.79 Å². The van der Waals surface area contributed by atoms with Gasteiger partial charge in [0.1, 0.15) is 0 Å². The third-order valence-electron chi connectivity index (χ3n) is 3.23. The molecule has 2 rings (SSSR count). The summed E-state index contributed by atoms with van der Waals surface area (Å²) in [7, 11) is 0. The third kappa shape index (κ3) is 4.82. The van der Waals surface area contributed by atoms with Crippen LogP contribution in [-0.2, 0) is 4.79 Å². The first kappa shape index (κ1) is 15.9. The van der Waals surface area contributed by atoms with Crippen molar-refractivity contribution in [1.29, 1.82) is 0 Å². The molecule has 0 aliphatic heterocycles. The summed E-state index contributed by atoms with van der Waals surface area (Å²) in [6, 6.07) is 15.6. The van der Waals surface area contributed by atoms with Gasteiger partial charge in [-0.2, -0.15) is 0 Å². The first-order valence-corrected chi connectivity index (χ1v) is 7.38. The molecule has 4 heteroatoms. The molecule has 2 aromatic carbocycles. The first-order chi connectivity index (χ1) is 10.5. The largest absolute Gasteiger partial charge is 0.332 e. The topological polar surface area (TPSA) is 41.1 Å². The molecule has 0 bridgehead atoms. The van der Waals surface area contributed by atoms with Gasteiger partial charge in [-0.15, -0.1) is 0 Å². The van der Waals surface area contributed by atoms with Crippen LogP contribution < -0.4 is 10.6 Å². The maximum absolute atomic E-state index is 11.8. The molecule has 2 aromatic rings. The van der Waals surface area contributed by atoms with Gasteiger partial charge < -0.3 is 5.32 Å². The summed E-state index contributed by atoms with van der Waals surface area (Å²) in [5.74, 6) is -0.259. The quantitative estimate of drug-likeness (QED) is 0.669. The van der Waals surface area contributed by atoms with E-state index in [-0.39, 0.29) is 11.0 Å². The Morgan fingerprint density at radius 1 is 1.05 bits per heavy atom. The zero-order valence-corrected chi connectivity index (χ0v) is 13.4. The minimum absolute atomic E-state index is 0.259. The Balaban J connectivity index is 1.90. The van der Waals surface area contributed by atoms with E-state index >= 15 is 0 Å². The fraction of sp³-hybridized carbons (Fsp3) is 0.111. The molecule has 0 unspecified atom stereocenters. The summed E-state index contributed by atoms with van der Waals surface area (Å²) in [6.45, 7) is 4.08. The van der Waals surface area contributed by atoms with Crippen molar-refractivity contribution < 1.29 is 4.79 Å². The summed E-state index contributed by atoms with van der Waals surface area (Å²) < 4.78 is 0. The fourth-order valence-corrected chi connectivity index (χ4v) is 2.09. The number of nitrogens with one attached hydrogen (secondary N) is 2. The van der Waals surface area contributed by atoms with Crippen LogP contribution in [0.1, 0.15) is 16.7 Å². The van der Waals surface area contributed by atoms with Crippen LogP contribution in [0.15, 0.2) is 54.6 Å². The van der Waals surface area contributed by atoms with Gasteiger partial charge in [-0.05, 0) is 61.0 Å². The standard InChI is InChI=1S/C18H18N2OS/c1-13-8-10-16(12-14(13)2)19-18(22)20-17(21)11-9-15-6-4-3-5-7-15/h3-12H,1-2H3,(H2,19,20,21,22)/b11-9+. The molecule has 2 N–H and O–H groups in total. The van der Waals surface area contributed by atoms with Gasteiger partial charge in [0.25, 0.3) is 0 Å². The molecule has 22 heavy (non-hydrogen) atoms. The number of aryl methyl sites for hydroxylation is 2. The van der Waals surface area contributed by atoms with Crippen LogP contribution in [0.5, 0.6) is 0 Å². The number of rotatable bonds is 3. The zero-order valence-electron chi connectivity index (χ0n) is 12.6. The maximum atomic E-state index is 11.8. The van der Waals surface area contributed by atoms with Crippen molar-refractivity contribution in [2.75, 3.05) is 5.32 Å². The summed E-state index contributed by atoms with van der Waals surface area (Å²) in [4.78, 5) is 11.8. The lowest BCUT2D eigenvalue weighted by molar-refractivity contribution is -0.115. The molecule has 0 saturated carbocycles. The van der Waals surface area contributed by atoms with Crippen LogP contribution >= 0.6 is 12.2 Å². The highest BCUT2D eigenvalue weighted by Gasteiger charge is 2.02. The number of thiocarbonyl (C=S) groups is 1. The molecule has 0 saturated heterocycles. The summed E-state index contributed by atoms with van der Waals surface area (Å²) in [5.41, 5.74) is 4.21. The lowest BCUT2D eigenvalue weighted by atomic mass is 10.1. The van der Waals surface area contributed by atoms with Gasteiger partial charge in [0, 0.05) is 11.8 Å². The van der Waals surface area contributed by atoms with E-state index < -0.39 is 0 Å². The average molecular weight is 310 g/mol. The predicted octanol–water partition coefficient (Wildman–Crippen LogP) is 3.83. The lowest BCUT2D eigenvalue weighted by Gasteiger charge is -2.09. The van der Waals surface area contributed by atoms with Crippen molar-refractivity contribution in [3.05, 3.63) is 71.3 Å². The van der Waals surface area contributed by atoms with Gasteiger partial charge in [0.15, 0.2) is 5.11 Å². The average Bonchev–Trinajstić information content (AvgIpc) is 2.50. The Bertz CT molecular complexity index is 708. The SMILES string of the molecule is Cc1ccc(NC(=S)NC(=O)/C=C/c2ccccc2)cc1C. The van der Waals surface area contributed by atoms with E-state index in [1.807, 2.05) is 62.4 Å². The molecule has 3 nitrogen and oxygen atoms in total. The highest BCUT2D eigenvalue weighted by Crippen LogP contribution is 2.13. The van der Waals surface area contributed by atoms with Crippen LogP contribution in [0, 0.1) is 13.8 Å². The predicted molar refractivity (Wildman–Crippen MR) is 95.8 cm³/mol. The van der Waals surface area contributed by atoms with Crippen molar-refractivity contribution in [2.24, 2.45) is 0 Å². The van der Waals surface area contributed by atoms with Crippen molar-refractivity contribution in [1.82, 2.24) is 5.32 Å². The molecule has 0 spiro atoms. The van der Waals surface area contributed by atoms with Gasteiger partial charge in [-0.25, -0.2) is 0 Å². The van der Waals surface area contributed by atoms with E-state index in [1.165, 1.54) is 17.2 Å². The Hall–Kier alpha value is -2.46. The molecule has 0 atom stereocenters. The van der Waals surface area contributed by atoms with Gasteiger partial charge in [-0.3, -0.25) is 10.1 Å². The van der Waals surface area contributed by atoms with Gasteiger partial charge >= 0.3 is 0 Å². The fourth-order valence-electron chi connectivity index (χ4n) is 1.87. The maximum Gasteiger partial charge on any atom is 0.250 e. The number of amides is 1. The molecule has 112 valence electrons. The normalized spacial score (nSPS) is 10.5. The van der Waals surface area contributed by atoms with Gasteiger partial charge in [0.05, 0.1) is 0 Å². The van der Waals surface area contributed by atoms with Gasteiger partial charge in [-0.1, -0.05) is 36.4 Å². The Morgan fingerprint density at radius 3 is 2.45 bits per heavy atom. The number of anilines is 1. The molecule has 0 aliphatic carbocycles. The Kier molecular flexibility index (Phi) is 5.44. The second kappa shape index (κ2) is 7.52. The molecule has 0 aromatic heterocycles. The van der Waals surface area contributed by atoms with E-state index in [4.69, 9.17) is 12.2 Å². The highest BCUT2D eigenvalue weighted by molar-refractivity contribution is 7.80. The Morgan fingerprint density at radius 2 is 1.77 bits per heavy atom. The molecular weight excluding hydrogens is 292 g/mol. The van der Waals surface area contributed by atoms with Crippen molar-refractivity contribution in [3.63, 3.8) is 0 Å². The van der Waals surface area contributed by atoms with Crippen molar-refractivity contribution in [3.8, 4) is 0 Å². The van der Waals surface area contributed by atoms with E-state index in [2.05, 4.69) is 10.6 Å². The van der Waals surface area contributed by atoms with Crippen LogP contribution in [-0.4, -0.2) is 11.0 Å². The van der Waals surface area contributed by atoms with Crippen LogP contribution in [0.2, 0.25) is 0 Å². The Labute approximate surface area is 136 Å². The number of carbonyl (C=O) groups excluding carboxylic acids is 1. The minimum Gasteiger partial charge on any atom is -0.332 e. The zero-order chi connectivity index (χ0) is 15.9. The van der Waals surface area contributed by atoms with Crippen molar-refractivity contribution in [2.45, 2.75) is 13.8 Å². The molecule has 0 radical (unpaired) electrons. The molecule has 0 fully saturated rings. The third-order valence-corrected chi connectivity index (χ3v) is 3.43. The summed E-state index contributed by atoms with van der Waals surface area (Å²) >= 11 is 5.14. The number of hydrogen-bond donors (Lipinski definition) is 2. The van der Waals surface area contributed by atoms with Crippen LogP contribution in [0.3, 0.4) is 0 Å². The molecular formula is C18H18N2OS. The first-order valence-electron chi connectivity index (χ1n) is 6.97. The molecule has 1 amide bonds. The molecule has 0 heterocycles. The number of benzene rings is 2. The van der Waals surface area contributed by atoms with E-state index in [0.29, 0.717) is 0 Å². The van der Waals surface area contributed by atoms with Crippen LogP contribution in [0.4, 0.5) is 5.69 Å². The minimum atomic E-state index is -0.259. The number of hydrogen-bond acceptors (Lipinski definition) is 2. The molecule has 0 aliphatic rings. The van der Waals surface area contributed by atoms with Crippen LogP contribution in [0.25, 0.3) is 6.08 Å². The van der Waals surface area contributed by atoms with Gasteiger partial charge in [0.2, 0.25) is 5.91 Å². The smallest absolute Gasteiger partial charge is 0.250 e. The summed E-state index contributed by atoms with van der Waals surface area (Å²) in [5, 5.41) is 5.92. The van der Waals surface area contributed by atoms with Crippen molar-refractivity contribution >= 4 is 35.0 Å². The monoisotopic (exact) mass is 310 g/mol. The van der Waals surface area contributed by atoms with E-state index in [1.54, 1.807) is 6.08 Å². The second-order valence-electron chi connectivity index (χ2n) is 4.99. The highest BCUT2D eigenvalue weighted by atomic mass is 32.1. The number of carbonyl (C=O) groups is 1.